The van der Waals surface area contributed by atoms with Gasteiger partial charge in [0.15, 0.2) is 0 Å². The maximum atomic E-state index is 13.6. The summed E-state index contributed by atoms with van der Waals surface area (Å²) in [6.45, 7) is 4.80. The van der Waals surface area contributed by atoms with E-state index in [1.165, 1.54) is 0 Å². The third-order valence-electron chi connectivity index (χ3n) is 3.46. The summed E-state index contributed by atoms with van der Waals surface area (Å²) < 4.78 is 27.2. The van der Waals surface area contributed by atoms with Crippen molar-refractivity contribution in [1.29, 1.82) is 0 Å². The van der Waals surface area contributed by atoms with Crippen molar-refractivity contribution >= 4 is 0 Å². The van der Waals surface area contributed by atoms with Crippen molar-refractivity contribution in [3.05, 3.63) is 34.9 Å². The second kappa shape index (κ2) is 4.73. The standard InChI is InChI=1S/C14H19F2N/c1-10-3-4-13(14(2,15)16)12(9-10)11-5-7-17-8-6-11/h3-4,9,11,17H,5-8H2,1-2H3. The highest BCUT2D eigenvalue weighted by molar-refractivity contribution is 5.37. The molecule has 3 heteroatoms. The molecule has 0 bridgehead atoms. The molecule has 1 aromatic carbocycles. The van der Waals surface area contributed by atoms with Gasteiger partial charge in [-0.05, 0) is 44.3 Å². The Morgan fingerprint density at radius 1 is 1.24 bits per heavy atom. The van der Waals surface area contributed by atoms with Gasteiger partial charge in [-0.1, -0.05) is 23.8 Å². The van der Waals surface area contributed by atoms with Crippen LogP contribution in [0.15, 0.2) is 18.2 Å². The Labute approximate surface area is 101 Å². The fraction of sp³-hybridized carbons (Fsp3) is 0.571. The first-order valence-electron chi connectivity index (χ1n) is 6.18. The fourth-order valence-corrected chi connectivity index (χ4v) is 2.55. The van der Waals surface area contributed by atoms with Crippen LogP contribution in [0.5, 0.6) is 0 Å². The SMILES string of the molecule is Cc1ccc(C(C)(F)F)c(C2CCNCC2)c1. The largest absolute Gasteiger partial charge is 0.317 e. The van der Waals surface area contributed by atoms with Gasteiger partial charge < -0.3 is 5.32 Å². The predicted molar refractivity (Wildman–Crippen MR) is 65.6 cm³/mol. The Kier molecular flexibility index (Phi) is 3.48. The first-order valence-corrected chi connectivity index (χ1v) is 6.18. The maximum absolute atomic E-state index is 13.6. The van der Waals surface area contributed by atoms with Gasteiger partial charge in [0.05, 0.1) is 0 Å². The highest BCUT2D eigenvalue weighted by Gasteiger charge is 2.30. The first-order chi connectivity index (χ1) is 7.98. The smallest absolute Gasteiger partial charge is 0.270 e. The minimum absolute atomic E-state index is 0.204. The molecule has 0 atom stereocenters. The van der Waals surface area contributed by atoms with Crippen molar-refractivity contribution in [3.63, 3.8) is 0 Å². The summed E-state index contributed by atoms with van der Waals surface area (Å²) in [5.74, 6) is -2.47. The molecule has 0 radical (unpaired) electrons. The van der Waals surface area contributed by atoms with Crippen LogP contribution in [0.3, 0.4) is 0 Å². The van der Waals surface area contributed by atoms with E-state index < -0.39 is 5.92 Å². The zero-order valence-corrected chi connectivity index (χ0v) is 10.4. The molecule has 2 rings (SSSR count). The molecule has 94 valence electrons. The van der Waals surface area contributed by atoms with E-state index in [1.54, 1.807) is 12.1 Å². The van der Waals surface area contributed by atoms with Gasteiger partial charge in [0.25, 0.3) is 5.92 Å². The summed E-state index contributed by atoms with van der Waals surface area (Å²) in [7, 11) is 0. The number of piperidine rings is 1. The van der Waals surface area contributed by atoms with Gasteiger partial charge in [-0.3, -0.25) is 0 Å². The summed E-state index contributed by atoms with van der Waals surface area (Å²) >= 11 is 0. The first kappa shape index (κ1) is 12.5. The quantitative estimate of drug-likeness (QED) is 0.832. The van der Waals surface area contributed by atoms with E-state index in [-0.39, 0.29) is 11.5 Å². The van der Waals surface area contributed by atoms with Crippen molar-refractivity contribution in [2.45, 2.75) is 38.5 Å². The van der Waals surface area contributed by atoms with Gasteiger partial charge >= 0.3 is 0 Å². The molecule has 0 spiro atoms. The minimum atomic E-state index is -2.74. The third-order valence-corrected chi connectivity index (χ3v) is 3.46. The monoisotopic (exact) mass is 239 g/mol. The molecule has 1 aromatic rings. The average Bonchev–Trinajstić information content (AvgIpc) is 2.28. The normalized spacial score (nSPS) is 18.4. The zero-order chi connectivity index (χ0) is 12.5. The number of halogens is 2. The molecule has 0 unspecified atom stereocenters. The van der Waals surface area contributed by atoms with Crippen LogP contribution < -0.4 is 5.32 Å². The van der Waals surface area contributed by atoms with Gasteiger partial charge in [0, 0.05) is 12.5 Å². The topological polar surface area (TPSA) is 12.0 Å². The van der Waals surface area contributed by atoms with E-state index in [0.717, 1.165) is 44.0 Å². The number of rotatable bonds is 2. The highest BCUT2D eigenvalue weighted by Crippen LogP contribution is 2.37. The summed E-state index contributed by atoms with van der Waals surface area (Å²) in [5, 5.41) is 3.27. The number of benzene rings is 1. The van der Waals surface area contributed by atoms with Crippen molar-refractivity contribution in [3.8, 4) is 0 Å². The predicted octanol–water partition coefficient (Wildman–Crippen LogP) is 3.57. The van der Waals surface area contributed by atoms with Crippen molar-refractivity contribution in [2.24, 2.45) is 0 Å². The molecular weight excluding hydrogens is 220 g/mol. The molecule has 1 aliphatic heterocycles. The number of aryl methyl sites for hydroxylation is 1. The van der Waals surface area contributed by atoms with E-state index in [9.17, 15) is 8.78 Å². The average molecular weight is 239 g/mol. The summed E-state index contributed by atoms with van der Waals surface area (Å²) in [6.07, 6.45) is 1.90. The Morgan fingerprint density at radius 3 is 2.47 bits per heavy atom. The Balaban J connectivity index is 2.39. The zero-order valence-electron chi connectivity index (χ0n) is 10.4. The van der Waals surface area contributed by atoms with Crippen LogP contribution >= 0.6 is 0 Å². The number of alkyl halides is 2. The molecule has 17 heavy (non-hydrogen) atoms. The lowest BCUT2D eigenvalue weighted by Crippen LogP contribution is -2.28. The second-order valence-corrected chi connectivity index (χ2v) is 5.00. The fourth-order valence-electron chi connectivity index (χ4n) is 2.55. The molecule has 1 N–H and O–H groups in total. The lowest BCUT2D eigenvalue weighted by Gasteiger charge is -2.27. The van der Waals surface area contributed by atoms with Crippen molar-refractivity contribution in [2.75, 3.05) is 13.1 Å². The van der Waals surface area contributed by atoms with Crippen LogP contribution in [-0.4, -0.2) is 13.1 Å². The maximum Gasteiger partial charge on any atom is 0.270 e. The molecule has 0 aliphatic carbocycles. The lowest BCUT2D eigenvalue weighted by molar-refractivity contribution is 0.0160. The Hall–Kier alpha value is -0.960. The van der Waals surface area contributed by atoms with Gasteiger partial charge in [0.1, 0.15) is 0 Å². The van der Waals surface area contributed by atoms with Crippen LogP contribution in [0.1, 0.15) is 42.4 Å². The molecule has 0 aromatic heterocycles. The van der Waals surface area contributed by atoms with E-state index in [4.69, 9.17) is 0 Å². The van der Waals surface area contributed by atoms with Crippen LogP contribution in [0.2, 0.25) is 0 Å². The van der Waals surface area contributed by atoms with E-state index in [2.05, 4.69) is 5.32 Å². The lowest BCUT2D eigenvalue weighted by atomic mass is 9.84. The summed E-state index contributed by atoms with van der Waals surface area (Å²) in [4.78, 5) is 0. The molecule has 1 nitrogen and oxygen atoms in total. The molecule has 1 heterocycles. The molecule has 1 fully saturated rings. The van der Waals surface area contributed by atoms with E-state index in [0.29, 0.717) is 0 Å². The Morgan fingerprint density at radius 2 is 1.88 bits per heavy atom. The van der Waals surface area contributed by atoms with E-state index >= 15 is 0 Å². The Bertz CT molecular complexity index is 390. The minimum Gasteiger partial charge on any atom is -0.317 e. The summed E-state index contributed by atoms with van der Waals surface area (Å²) in [6, 6.07) is 5.30. The van der Waals surface area contributed by atoms with Gasteiger partial charge in [-0.2, -0.15) is 0 Å². The van der Waals surface area contributed by atoms with Crippen LogP contribution in [0.4, 0.5) is 8.78 Å². The van der Waals surface area contributed by atoms with Crippen molar-refractivity contribution < 1.29 is 8.78 Å². The van der Waals surface area contributed by atoms with Crippen LogP contribution in [0.25, 0.3) is 0 Å². The molecule has 1 aliphatic rings. The number of nitrogens with one attached hydrogen (secondary N) is 1. The number of hydrogen-bond acceptors (Lipinski definition) is 1. The van der Waals surface area contributed by atoms with Gasteiger partial charge in [0.2, 0.25) is 0 Å². The van der Waals surface area contributed by atoms with Crippen molar-refractivity contribution in [1.82, 2.24) is 5.32 Å². The van der Waals surface area contributed by atoms with Gasteiger partial charge in [-0.25, -0.2) is 8.78 Å². The molecule has 1 saturated heterocycles. The molecule has 0 amide bonds. The summed E-state index contributed by atoms with van der Waals surface area (Å²) in [5.41, 5.74) is 2.11. The molecule has 0 saturated carbocycles. The van der Waals surface area contributed by atoms with Crippen LogP contribution in [0, 0.1) is 6.92 Å². The van der Waals surface area contributed by atoms with Crippen LogP contribution in [-0.2, 0) is 5.92 Å². The third kappa shape index (κ3) is 2.83. The van der Waals surface area contributed by atoms with E-state index in [1.807, 2.05) is 13.0 Å². The van der Waals surface area contributed by atoms with Gasteiger partial charge in [-0.15, -0.1) is 0 Å². The highest BCUT2D eigenvalue weighted by atomic mass is 19.3. The second-order valence-electron chi connectivity index (χ2n) is 5.00. The molecular formula is C14H19F2N. The number of hydrogen-bond donors (Lipinski definition) is 1.